The van der Waals surface area contributed by atoms with Crippen molar-refractivity contribution in [3.63, 3.8) is 0 Å². The van der Waals surface area contributed by atoms with Crippen LogP contribution in [-0.4, -0.2) is 28.4 Å². The van der Waals surface area contributed by atoms with Gasteiger partial charge in [-0.05, 0) is 31.5 Å². The van der Waals surface area contributed by atoms with Crippen LogP contribution < -0.4 is 10.6 Å². The standard InChI is InChI=1S/C13H15ClN4OS2/c1-3-15-12-17-18-13(21-12)20-7-11(19)16-10-5-4-8(2)6-9(10)14/h4-6H,3,7H2,1-2H3,(H,15,17)(H,16,19). The van der Waals surface area contributed by atoms with Crippen molar-refractivity contribution < 1.29 is 4.79 Å². The van der Waals surface area contributed by atoms with Gasteiger partial charge in [-0.25, -0.2) is 0 Å². The lowest BCUT2D eigenvalue weighted by atomic mass is 10.2. The van der Waals surface area contributed by atoms with Crippen LogP contribution in [0.5, 0.6) is 0 Å². The van der Waals surface area contributed by atoms with Gasteiger partial charge in [-0.15, -0.1) is 10.2 Å². The fraction of sp³-hybridized carbons (Fsp3) is 0.308. The van der Waals surface area contributed by atoms with Gasteiger partial charge < -0.3 is 10.6 Å². The van der Waals surface area contributed by atoms with Gasteiger partial charge in [0.1, 0.15) is 0 Å². The maximum absolute atomic E-state index is 11.9. The van der Waals surface area contributed by atoms with Crippen molar-refractivity contribution >= 4 is 51.4 Å². The molecule has 0 saturated heterocycles. The largest absolute Gasteiger partial charge is 0.360 e. The molecule has 0 aliphatic carbocycles. The Morgan fingerprint density at radius 3 is 2.95 bits per heavy atom. The number of hydrogen-bond donors (Lipinski definition) is 2. The molecule has 0 bridgehead atoms. The highest BCUT2D eigenvalue weighted by atomic mass is 35.5. The average molecular weight is 343 g/mol. The predicted molar refractivity (Wildman–Crippen MR) is 89.6 cm³/mol. The Labute approximate surface area is 136 Å². The molecule has 0 aliphatic heterocycles. The number of anilines is 2. The third-order valence-corrected chi connectivity index (χ3v) is 4.79. The lowest BCUT2D eigenvalue weighted by Crippen LogP contribution is -2.14. The first kappa shape index (κ1) is 16.1. The summed E-state index contributed by atoms with van der Waals surface area (Å²) in [5.41, 5.74) is 1.68. The van der Waals surface area contributed by atoms with E-state index in [-0.39, 0.29) is 11.7 Å². The predicted octanol–water partition coefficient (Wildman–Crippen LogP) is 3.66. The summed E-state index contributed by atoms with van der Waals surface area (Å²) in [4.78, 5) is 11.9. The number of amides is 1. The fourth-order valence-corrected chi connectivity index (χ4v) is 3.43. The monoisotopic (exact) mass is 342 g/mol. The van der Waals surface area contributed by atoms with Gasteiger partial charge in [0.25, 0.3) is 0 Å². The van der Waals surface area contributed by atoms with E-state index in [0.29, 0.717) is 10.7 Å². The number of rotatable bonds is 6. The first-order chi connectivity index (χ1) is 10.1. The van der Waals surface area contributed by atoms with Crippen molar-refractivity contribution in [2.75, 3.05) is 22.9 Å². The number of carbonyl (C=O) groups excluding carboxylic acids is 1. The van der Waals surface area contributed by atoms with E-state index >= 15 is 0 Å². The topological polar surface area (TPSA) is 66.9 Å². The number of carbonyl (C=O) groups is 1. The molecule has 1 aromatic carbocycles. The lowest BCUT2D eigenvalue weighted by Gasteiger charge is -2.07. The summed E-state index contributed by atoms with van der Waals surface area (Å²) < 4.78 is 0.760. The summed E-state index contributed by atoms with van der Waals surface area (Å²) in [6.45, 7) is 4.74. The number of aryl methyl sites for hydroxylation is 1. The van der Waals surface area contributed by atoms with Gasteiger partial charge in [-0.2, -0.15) is 0 Å². The summed E-state index contributed by atoms with van der Waals surface area (Å²) in [6.07, 6.45) is 0. The smallest absolute Gasteiger partial charge is 0.234 e. The molecule has 2 rings (SSSR count). The van der Waals surface area contributed by atoms with E-state index in [1.165, 1.54) is 23.1 Å². The summed E-state index contributed by atoms with van der Waals surface area (Å²) >= 11 is 8.87. The second-order valence-electron chi connectivity index (χ2n) is 4.22. The van der Waals surface area contributed by atoms with Crippen molar-refractivity contribution in [3.8, 4) is 0 Å². The number of nitrogens with one attached hydrogen (secondary N) is 2. The molecule has 0 spiro atoms. The van der Waals surface area contributed by atoms with Gasteiger partial charge in [0, 0.05) is 6.54 Å². The van der Waals surface area contributed by atoms with E-state index in [4.69, 9.17) is 11.6 Å². The molecule has 8 heteroatoms. The first-order valence-corrected chi connectivity index (χ1v) is 8.52. The number of benzene rings is 1. The summed E-state index contributed by atoms with van der Waals surface area (Å²) in [6, 6.07) is 5.52. The molecule has 0 atom stereocenters. The SMILES string of the molecule is CCNc1nnc(SCC(=O)Nc2ccc(C)cc2Cl)s1. The van der Waals surface area contributed by atoms with Crippen LogP contribution in [0.15, 0.2) is 22.5 Å². The van der Waals surface area contributed by atoms with Crippen molar-refractivity contribution in [2.45, 2.75) is 18.2 Å². The van der Waals surface area contributed by atoms with E-state index in [9.17, 15) is 4.79 Å². The molecule has 0 fully saturated rings. The number of aromatic nitrogens is 2. The Balaban J connectivity index is 1.86. The van der Waals surface area contributed by atoms with Crippen LogP contribution in [0.1, 0.15) is 12.5 Å². The molecular weight excluding hydrogens is 328 g/mol. The zero-order valence-electron chi connectivity index (χ0n) is 11.6. The molecule has 1 amide bonds. The molecule has 1 heterocycles. The van der Waals surface area contributed by atoms with Crippen molar-refractivity contribution in [1.29, 1.82) is 0 Å². The van der Waals surface area contributed by atoms with Crippen LogP contribution in [0.4, 0.5) is 10.8 Å². The van der Waals surface area contributed by atoms with Crippen LogP contribution in [-0.2, 0) is 4.79 Å². The normalized spacial score (nSPS) is 10.4. The van der Waals surface area contributed by atoms with Crippen molar-refractivity contribution in [1.82, 2.24) is 10.2 Å². The lowest BCUT2D eigenvalue weighted by molar-refractivity contribution is -0.113. The number of thioether (sulfide) groups is 1. The van der Waals surface area contributed by atoms with E-state index in [0.717, 1.165) is 21.6 Å². The zero-order chi connectivity index (χ0) is 15.2. The Morgan fingerprint density at radius 2 is 2.24 bits per heavy atom. The Kier molecular flexibility index (Phi) is 5.84. The molecule has 1 aromatic heterocycles. The third-order valence-electron chi connectivity index (χ3n) is 2.46. The highest BCUT2D eigenvalue weighted by Gasteiger charge is 2.09. The van der Waals surface area contributed by atoms with Crippen LogP contribution in [0.2, 0.25) is 5.02 Å². The number of nitrogens with zero attached hydrogens (tertiary/aromatic N) is 2. The molecule has 112 valence electrons. The van der Waals surface area contributed by atoms with Gasteiger partial charge in [-0.1, -0.05) is 40.8 Å². The summed E-state index contributed by atoms with van der Waals surface area (Å²) in [5, 5.41) is 15.2. The van der Waals surface area contributed by atoms with Gasteiger partial charge in [0.15, 0.2) is 4.34 Å². The highest BCUT2D eigenvalue weighted by molar-refractivity contribution is 8.01. The molecule has 2 N–H and O–H groups in total. The summed E-state index contributed by atoms with van der Waals surface area (Å²) in [7, 11) is 0. The minimum absolute atomic E-state index is 0.119. The first-order valence-electron chi connectivity index (χ1n) is 6.34. The minimum Gasteiger partial charge on any atom is -0.360 e. The van der Waals surface area contributed by atoms with Crippen LogP contribution in [0.3, 0.4) is 0 Å². The Hall–Kier alpha value is -1.31. The number of hydrogen-bond acceptors (Lipinski definition) is 6. The second-order valence-corrected chi connectivity index (χ2v) is 6.83. The maximum atomic E-state index is 11.9. The second kappa shape index (κ2) is 7.63. The highest BCUT2D eigenvalue weighted by Crippen LogP contribution is 2.26. The molecule has 0 aliphatic rings. The Bertz CT molecular complexity index is 632. The number of halogens is 1. The van der Waals surface area contributed by atoms with Crippen LogP contribution in [0.25, 0.3) is 0 Å². The minimum atomic E-state index is -0.119. The summed E-state index contributed by atoms with van der Waals surface area (Å²) in [5.74, 6) is 0.149. The van der Waals surface area contributed by atoms with E-state index in [2.05, 4.69) is 20.8 Å². The van der Waals surface area contributed by atoms with E-state index in [1.54, 1.807) is 6.07 Å². The quantitative estimate of drug-likeness (QED) is 0.784. The zero-order valence-corrected chi connectivity index (χ0v) is 14.0. The molecule has 0 unspecified atom stereocenters. The van der Waals surface area contributed by atoms with Gasteiger partial charge in [-0.3, -0.25) is 4.79 Å². The van der Waals surface area contributed by atoms with Crippen molar-refractivity contribution in [2.24, 2.45) is 0 Å². The van der Waals surface area contributed by atoms with Gasteiger partial charge in [0.05, 0.1) is 16.5 Å². The van der Waals surface area contributed by atoms with Crippen molar-refractivity contribution in [3.05, 3.63) is 28.8 Å². The Morgan fingerprint density at radius 1 is 1.43 bits per heavy atom. The van der Waals surface area contributed by atoms with Crippen LogP contribution >= 0.6 is 34.7 Å². The van der Waals surface area contributed by atoms with Gasteiger partial charge in [0.2, 0.25) is 11.0 Å². The third kappa shape index (κ3) is 4.87. The fourth-order valence-electron chi connectivity index (χ4n) is 1.53. The van der Waals surface area contributed by atoms with Crippen LogP contribution in [0, 0.1) is 6.92 Å². The molecular formula is C13H15ClN4OS2. The molecule has 0 saturated carbocycles. The molecule has 5 nitrogen and oxygen atoms in total. The molecule has 21 heavy (non-hydrogen) atoms. The average Bonchev–Trinajstić information content (AvgIpc) is 2.88. The van der Waals surface area contributed by atoms with E-state index in [1.807, 2.05) is 26.0 Å². The van der Waals surface area contributed by atoms with Gasteiger partial charge >= 0.3 is 0 Å². The molecule has 2 aromatic rings. The molecule has 0 radical (unpaired) electrons. The maximum Gasteiger partial charge on any atom is 0.234 e. The van der Waals surface area contributed by atoms with E-state index < -0.39 is 0 Å².